The highest BCUT2D eigenvalue weighted by Crippen LogP contribution is 2.31. The molecule has 1 aromatic carbocycles. The van der Waals surface area contributed by atoms with Crippen LogP contribution in [0.5, 0.6) is 11.5 Å². The van der Waals surface area contributed by atoms with Crippen LogP contribution in [0.4, 0.5) is 8.78 Å². The average molecular weight is 498 g/mol. The molecule has 11 heteroatoms. The number of benzene rings is 1. The molecule has 0 bridgehead atoms. The van der Waals surface area contributed by atoms with E-state index in [0.29, 0.717) is 59.7 Å². The van der Waals surface area contributed by atoms with Crippen molar-refractivity contribution in [3.63, 3.8) is 0 Å². The second kappa shape index (κ2) is 10.0. The third-order valence-corrected chi connectivity index (χ3v) is 5.55. The van der Waals surface area contributed by atoms with Crippen LogP contribution in [0.25, 0.3) is 28.1 Å². The maximum Gasteiger partial charge on any atom is 0.187 e. The maximum atomic E-state index is 15.0. The van der Waals surface area contributed by atoms with Crippen LogP contribution in [0.3, 0.4) is 0 Å². The summed E-state index contributed by atoms with van der Waals surface area (Å²) < 4.78 is 42.0. The van der Waals surface area contributed by atoms with Crippen LogP contribution in [0, 0.1) is 5.82 Å². The van der Waals surface area contributed by atoms with Gasteiger partial charge < -0.3 is 14.8 Å². The first kappa shape index (κ1) is 24.9. The Morgan fingerprint density at radius 1 is 1.09 bits per heavy atom. The fourth-order valence-corrected chi connectivity index (χ4v) is 3.80. The monoisotopic (exact) mass is 497 g/mol. The summed E-state index contributed by atoms with van der Waals surface area (Å²) in [6, 6.07) is 9.69. The van der Waals surface area contributed by atoms with Gasteiger partial charge in [-0.25, -0.2) is 13.8 Å². The molecule has 4 heterocycles. The number of piperidine rings is 1. The summed E-state index contributed by atoms with van der Waals surface area (Å²) in [6.07, 6.45) is 2.47. The van der Waals surface area contributed by atoms with E-state index in [1.54, 1.807) is 42.0 Å². The molecule has 4 aromatic rings. The summed E-state index contributed by atoms with van der Waals surface area (Å²) in [6.45, 7) is 1.04. The number of rotatable bonds is 5. The van der Waals surface area contributed by atoms with Crippen LogP contribution >= 0.6 is 24.8 Å². The number of alkyl halides is 1. The lowest BCUT2D eigenvalue weighted by atomic mass is 9.95. The summed E-state index contributed by atoms with van der Waals surface area (Å²) >= 11 is 0. The van der Waals surface area contributed by atoms with Crippen molar-refractivity contribution in [3.8, 4) is 23.0 Å². The summed E-state index contributed by atoms with van der Waals surface area (Å²) in [5, 5.41) is 12.1. The Kier molecular flexibility index (Phi) is 7.56. The average Bonchev–Trinajstić information content (AvgIpc) is 3.21. The van der Waals surface area contributed by atoms with Gasteiger partial charge in [-0.1, -0.05) is 6.07 Å². The van der Waals surface area contributed by atoms with Crippen molar-refractivity contribution in [1.29, 1.82) is 0 Å². The zero-order valence-electron chi connectivity index (χ0n) is 17.8. The molecule has 7 nitrogen and oxygen atoms in total. The highest BCUT2D eigenvalue weighted by Gasteiger charge is 2.33. The van der Waals surface area contributed by atoms with Gasteiger partial charge >= 0.3 is 0 Å². The summed E-state index contributed by atoms with van der Waals surface area (Å²) in [5.41, 5.74) is 0.164. The van der Waals surface area contributed by atoms with Crippen molar-refractivity contribution in [1.82, 2.24) is 24.9 Å². The highest BCUT2D eigenvalue weighted by molar-refractivity contribution is 5.86. The van der Waals surface area contributed by atoms with Crippen LogP contribution in [0.1, 0.15) is 12.8 Å². The minimum absolute atomic E-state index is 0. The van der Waals surface area contributed by atoms with E-state index in [2.05, 4.69) is 20.5 Å². The summed E-state index contributed by atoms with van der Waals surface area (Å²) in [5.74, 6) is 0.897. The molecule has 1 N–H and O–H groups in total. The van der Waals surface area contributed by atoms with E-state index in [1.807, 2.05) is 0 Å². The van der Waals surface area contributed by atoms with Gasteiger partial charge in [0.25, 0.3) is 0 Å². The van der Waals surface area contributed by atoms with E-state index in [-0.39, 0.29) is 37.2 Å². The van der Waals surface area contributed by atoms with Crippen molar-refractivity contribution >= 4 is 41.4 Å². The van der Waals surface area contributed by atoms with Gasteiger partial charge in [-0.15, -0.1) is 35.0 Å². The van der Waals surface area contributed by atoms with Crippen molar-refractivity contribution in [2.45, 2.75) is 18.5 Å². The number of ether oxygens (including phenoxy) is 2. The van der Waals surface area contributed by atoms with E-state index in [9.17, 15) is 8.78 Å². The molecule has 1 saturated heterocycles. The topological polar surface area (TPSA) is 73.6 Å². The van der Waals surface area contributed by atoms with Gasteiger partial charge in [0.05, 0.1) is 13.3 Å². The Labute approximate surface area is 201 Å². The highest BCUT2D eigenvalue weighted by atomic mass is 35.5. The van der Waals surface area contributed by atoms with Crippen LogP contribution in [0.2, 0.25) is 0 Å². The minimum Gasteiger partial charge on any atom is -0.495 e. The predicted molar refractivity (Wildman–Crippen MR) is 126 cm³/mol. The second-order valence-electron chi connectivity index (χ2n) is 7.68. The molecule has 0 atom stereocenters. The van der Waals surface area contributed by atoms with E-state index in [0.717, 1.165) is 0 Å². The van der Waals surface area contributed by atoms with Crippen molar-refractivity contribution in [2.24, 2.45) is 0 Å². The van der Waals surface area contributed by atoms with Gasteiger partial charge in [-0.05, 0) is 50.2 Å². The molecule has 0 radical (unpaired) electrons. The third kappa shape index (κ3) is 4.95. The molecule has 1 fully saturated rings. The first-order valence-corrected chi connectivity index (χ1v) is 10.1. The van der Waals surface area contributed by atoms with Gasteiger partial charge in [-0.2, -0.15) is 0 Å². The number of nitrogens with zero attached hydrogens (tertiary/aromatic N) is 4. The SMILES string of the molecule is COc1ccc2nnc(-c3ccc4cc(F)cc(OCC5(F)CCNCC5)c4n3)n2c1.Cl.Cl. The Morgan fingerprint density at radius 2 is 1.88 bits per heavy atom. The Hall–Kier alpha value is -2.75. The molecule has 0 unspecified atom stereocenters. The molecule has 3 aromatic heterocycles. The Balaban J connectivity index is 0.00000153. The van der Waals surface area contributed by atoms with Gasteiger partial charge in [0, 0.05) is 11.5 Å². The molecular weight excluding hydrogens is 475 g/mol. The number of hydrogen-bond donors (Lipinski definition) is 1. The number of hydrogen-bond acceptors (Lipinski definition) is 6. The zero-order chi connectivity index (χ0) is 21.4. The molecule has 0 saturated carbocycles. The standard InChI is InChI=1S/C22H21F2N5O2.2ClH/c1-30-16-3-5-19-27-28-21(29(19)12-16)17-4-2-14-10-15(23)11-18(20(14)26-17)31-13-22(24)6-8-25-9-7-22;;/h2-5,10-12,25H,6-9,13H2,1H3;2*1H. The fourth-order valence-electron chi connectivity index (χ4n) is 3.80. The molecule has 0 spiro atoms. The molecule has 0 aliphatic carbocycles. The number of methoxy groups -OCH3 is 1. The molecule has 176 valence electrons. The van der Waals surface area contributed by atoms with Gasteiger partial charge in [0.1, 0.15) is 40.8 Å². The quantitative estimate of drug-likeness (QED) is 0.440. The molecule has 1 aliphatic heterocycles. The molecular formula is C22H23Cl2F2N5O2. The van der Waals surface area contributed by atoms with E-state index in [1.165, 1.54) is 12.1 Å². The maximum absolute atomic E-state index is 15.0. The number of pyridine rings is 2. The molecule has 0 amide bonds. The zero-order valence-corrected chi connectivity index (χ0v) is 19.4. The van der Waals surface area contributed by atoms with E-state index >= 15 is 0 Å². The normalized spacial score (nSPS) is 15.0. The summed E-state index contributed by atoms with van der Waals surface area (Å²) in [4.78, 5) is 4.66. The van der Waals surface area contributed by atoms with Crippen molar-refractivity contribution < 1.29 is 18.3 Å². The van der Waals surface area contributed by atoms with Crippen molar-refractivity contribution in [3.05, 3.63) is 48.4 Å². The van der Waals surface area contributed by atoms with Crippen LogP contribution < -0.4 is 14.8 Å². The molecule has 1 aliphatic rings. The lowest BCUT2D eigenvalue weighted by Gasteiger charge is -2.29. The lowest BCUT2D eigenvalue weighted by molar-refractivity contribution is 0.0544. The number of nitrogens with one attached hydrogen (secondary N) is 1. The van der Waals surface area contributed by atoms with Gasteiger partial charge in [-0.3, -0.25) is 4.40 Å². The first-order chi connectivity index (χ1) is 15.0. The number of aromatic nitrogens is 4. The van der Waals surface area contributed by atoms with Gasteiger partial charge in [0.15, 0.2) is 11.5 Å². The molecule has 33 heavy (non-hydrogen) atoms. The molecule has 5 rings (SSSR count). The number of halogens is 4. The van der Waals surface area contributed by atoms with Crippen LogP contribution in [-0.2, 0) is 0 Å². The largest absolute Gasteiger partial charge is 0.495 e. The number of fused-ring (bicyclic) bond motifs is 2. The smallest absolute Gasteiger partial charge is 0.187 e. The van der Waals surface area contributed by atoms with Crippen LogP contribution in [0.15, 0.2) is 42.6 Å². The van der Waals surface area contributed by atoms with Crippen molar-refractivity contribution in [2.75, 3.05) is 26.8 Å². The van der Waals surface area contributed by atoms with Crippen LogP contribution in [-0.4, -0.2) is 52.1 Å². The predicted octanol–water partition coefficient (Wildman–Crippen LogP) is 4.41. The van der Waals surface area contributed by atoms with E-state index in [4.69, 9.17) is 9.47 Å². The second-order valence-corrected chi connectivity index (χ2v) is 7.68. The Bertz CT molecular complexity index is 1260. The first-order valence-electron chi connectivity index (χ1n) is 10.1. The van der Waals surface area contributed by atoms with E-state index < -0.39 is 11.5 Å². The lowest BCUT2D eigenvalue weighted by Crippen LogP contribution is -2.42. The fraction of sp³-hybridized carbons (Fsp3) is 0.318. The third-order valence-electron chi connectivity index (χ3n) is 5.55. The minimum atomic E-state index is -1.44. The summed E-state index contributed by atoms with van der Waals surface area (Å²) in [7, 11) is 1.58. The van der Waals surface area contributed by atoms with Gasteiger partial charge in [0.2, 0.25) is 0 Å². The Morgan fingerprint density at radius 3 is 2.64 bits per heavy atom.